The van der Waals surface area contributed by atoms with Crippen molar-refractivity contribution in [1.29, 1.82) is 0 Å². The molecule has 0 radical (unpaired) electrons. The highest BCUT2D eigenvalue weighted by atomic mass is 16.6. The molecule has 0 bridgehead atoms. The number of nitrogens with one attached hydrogen (secondary N) is 1. The van der Waals surface area contributed by atoms with Crippen molar-refractivity contribution >= 4 is 19.2 Å². The molecule has 3 N–H and O–H groups in total. The van der Waals surface area contributed by atoms with E-state index in [4.69, 9.17) is 14.2 Å². The van der Waals surface area contributed by atoms with Gasteiger partial charge >= 0.3 is 19.2 Å². The smallest absolute Gasteiger partial charge is 0.451 e. The molecule has 2 aromatic carbocycles. The fourth-order valence-corrected chi connectivity index (χ4v) is 5.06. The highest BCUT2D eigenvalue weighted by Crippen LogP contribution is 2.46. The summed E-state index contributed by atoms with van der Waals surface area (Å²) >= 11 is 0. The summed E-state index contributed by atoms with van der Waals surface area (Å²) in [5.74, 6) is 0.167. The summed E-state index contributed by atoms with van der Waals surface area (Å²) in [6.07, 6.45) is 0.574. The summed E-state index contributed by atoms with van der Waals surface area (Å²) < 4.78 is 15.9. The lowest BCUT2D eigenvalue weighted by Gasteiger charge is -2.36. The third kappa shape index (κ3) is 7.47. The number of likely N-dealkylation sites (tertiary alicyclic amines) is 1. The Balaban J connectivity index is 1.76. The molecule has 0 spiro atoms. The average Bonchev–Trinajstić information content (AvgIpc) is 3.19. The number of carbonyl (C=O) groups excluding carboxylic acids is 2. The van der Waals surface area contributed by atoms with Gasteiger partial charge in [-0.3, -0.25) is 4.90 Å². The molecular weight excluding hydrogens is 475 g/mol. The van der Waals surface area contributed by atoms with Crippen LogP contribution >= 0.6 is 0 Å². The predicted molar refractivity (Wildman–Crippen MR) is 140 cm³/mol. The van der Waals surface area contributed by atoms with E-state index in [1.54, 1.807) is 7.11 Å². The maximum Gasteiger partial charge on any atom is 0.451 e. The van der Waals surface area contributed by atoms with Gasteiger partial charge in [-0.05, 0) is 41.9 Å². The Hall–Kier alpha value is -3.08. The summed E-state index contributed by atoms with van der Waals surface area (Å²) in [5, 5.41) is 22.2. The molecule has 0 aliphatic carbocycles. The Kier molecular flexibility index (Phi) is 10.4. The Morgan fingerprint density at radius 2 is 1.78 bits per heavy atom. The van der Waals surface area contributed by atoms with E-state index in [-0.39, 0.29) is 18.8 Å². The normalized spacial score (nSPS) is 20.9. The Bertz CT molecular complexity index is 1010. The van der Waals surface area contributed by atoms with Gasteiger partial charge < -0.3 is 29.6 Å². The van der Waals surface area contributed by atoms with Crippen LogP contribution < -0.4 is 10.1 Å². The number of nitrogens with zero attached hydrogens (tertiary/aromatic N) is 1. The fourth-order valence-electron chi connectivity index (χ4n) is 5.06. The van der Waals surface area contributed by atoms with Crippen molar-refractivity contribution in [3.8, 4) is 5.75 Å². The molecule has 37 heavy (non-hydrogen) atoms. The van der Waals surface area contributed by atoms with Crippen LogP contribution in [-0.4, -0.2) is 67.5 Å². The van der Waals surface area contributed by atoms with Gasteiger partial charge in [0.25, 0.3) is 0 Å². The monoisotopic (exact) mass is 512 g/mol. The molecule has 1 aliphatic heterocycles. The van der Waals surface area contributed by atoms with Crippen molar-refractivity contribution in [3.63, 3.8) is 0 Å². The first-order valence-electron chi connectivity index (χ1n) is 12.5. The minimum absolute atomic E-state index is 0.0951. The largest absolute Gasteiger partial charge is 0.497 e. The second-order valence-electron chi connectivity index (χ2n) is 9.67. The van der Waals surface area contributed by atoms with Crippen molar-refractivity contribution in [1.82, 2.24) is 10.2 Å². The molecule has 9 nitrogen and oxygen atoms in total. The van der Waals surface area contributed by atoms with Crippen LogP contribution in [0.1, 0.15) is 30.9 Å². The lowest BCUT2D eigenvalue weighted by atomic mass is 9.69. The number of ether oxygens (including phenoxy) is 3. The molecule has 0 aromatic heterocycles. The molecule has 0 saturated carbocycles. The van der Waals surface area contributed by atoms with Crippen LogP contribution in [0.2, 0.25) is 6.32 Å². The number of benzene rings is 2. The lowest BCUT2D eigenvalue weighted by molar-refractivity contribution is -0.149. The number of hydrogen-bond acceptors (Lipinski definition) is 8. The van der Waals surface area contributed by atoms with Gasteiger partial charge in [-0.1, -0.05) is 55.8 Å². The van der Waals surface area contributed by atoms with E-state index in [0.717, 1.165) is 16.9 Å². The van der Waals surface area contributed by atoms with Crippen molar-refractivity contribution in [2.24, 2.45) is 11.3 Å². The van der Waals surface area contributed by atoms with Gasteiger partial charge in [0.2, 0.25) is 0 Å². The maximum absolute atomic E-state index is 13.2. The summed E-state index contributed by atoms with van der Waals surface area (Å²) in [7, 11) is 1.50. The lowest BCUT2D eigenvalue weighted by Crippen LogP contribution is -2.49. The Morgan fingerprint density at radius 3 is 2.41 bits per heavy atom. The predicted octanol–water partition coefficient (Wildman–Crippen LogP) is 2.85. The summed E-state index contributed by atoms with van der Waals surface area (Å²) in [4.78, 5) is 27.7. The highest BCUT2D eigenvalue weighted by Gasteiger charge is 2.56. The van der Waals surface area contributed by atoms with Gasteiger partial charge in [-0.25, -0.2) is 9.59 Å². The van der Waals surface area contributed by atoms with Crippen LogP contribution in [0, 0.1) is 11.3 Å². The SMILES string of the molecule is COC(=O)[C@H]1N(C(=O)OCc2ccccc2)C[C@H](CNCc2ccc(OC)cc2)[C@]1(C)CCCB(O)O. The second-order valence-corrected chi connectivity index (χ2v) is 9.67. The van der Waals surface area contributed by atoms with Crippen LogP contribution in [0.3, 0.4) is 0 Å². The minimum Gasteiger partial charge on any atom is -0.497 e. The topological polar surface area (TPSA) is 118 Å². The zero-order valence-electron chi connectivity index (χ0n) is 21.8. The van der Waals surface area contributed by atoms with Gasteiger partial charge in [0, 0.05) is 25.0 Å². The van der Waals surface area contributed by atoms with Gasteiger partial charge in [0.1, 0.15) is 18.4 Å². The van der Waals surface area contributed by atoms with Crippen LogP contribution in [0.4, 0.5) is 4.79 Å². The van der Waals surface area contributed by atoms with Crippen molar-refractivity contribution < 1.29 is 33.8 Å². The molecule has 1 fully saturated rings. The third-order valence-corrected chi connectivity index (χ3v) is 7.21. The minimum atomic E-state index is -1.43. The van der Waals surface area contributed by atoms with Crippen molar-refractivity contribution in [2.45, 2.75) is 45.3 Å². The van der Waals surface area contributed by atoms with Crippen LogP contribution in [0.25, 0.3) is 0 Å². The van der Waals surface area contributed by atoms with Gasteiger partial charge in [-0.15, -0.1) is 0 Å². The van der Waals surface area contributed by atoms with Gasteiger partial charge in [0.15, 0.2) is 0 Å². The number of esters is 1. The number of amides is 1. The molecular formula is C27H37BN2O7. The van der Waals surface area contributed by atoms with Crippen LogP contribution in [-0.2, 0) is 27.4 Å². The Labute approximate surface area is 218 Å². The quantitative estimate of drug-likeness (QED) is 0.294. The second kappa shape index (κ2) is 13.5. The van der Waals surface area contributed by atoms with Crippen LogP contribution in [0.5, 0.6) is 5.75 Å². The molecule has 1 heterocycles. The maximum atomic E-state index is 13.2. The molecule has 2 aromatic rings. The van der Waals surface area contributed by atoms with E-state index >= 15 is 0 Å². The molecule has 1 amide bonds. The number of hydrogen-bond donors (Lipinski definition) is 3. The van der Waals surface area contributed by atoms with Crippen LogP contribution in [0.15, 0.2) is 54.6 Å². The van der Waals surface area contributed by atoms with E-state index < -0.39 is 30.6 Å². The average molecular weight is 512 g/mol. The molecule has 1 saturated heterocycles. The standard InChI is InChI=1S/C27H37BN2O7/c1-27(14-7-15-28(33)34)22(17-29-16-20-10-12-23(35-2)13-11-20)18-30(24(27)25(31)36-3)26(32)37-19-21-8-5-4-6-9-21/h4-6,8-13,22,24,29,33-34H,7,14-19H2,1-3H3/t22-,24+,27-/m0/s1. The van der Waals surface area contributed by atoms with Gasteiger partial charge in [-0.2, -0.15) is 0 Å². The van der Waals surface area contributed by atoms with E-state index in [9.17, 15) is 19.6 Å². The van der Waals surface area contributed by atoms with Crippen molar-refractivity contribution in [3.05, 3.63) is 65.7 Å². The molecule has 3 atom stereocenters. The summed E-state index contributed by atoms with van der Waals surface area (Å²) in [6.45, 7) is 3.51. The molecule has 1 aliphatic rings. The highest BCUT2D eigenvalue weighted by molar-refractivity contribution is 6.40. The Morgan fingerprint density at radius 1 is 1.08 bits per heavy atom. The summed E-state index contributed by atoms with van der Waals surface area (Å²) in [6, 6.07) is 16.3. The molecule has 10 heteroatoms. The van der Waals surface area contributed by atoms with E-state index in [0.29, 0.717) is 32.5 Å². The summed E-state index contributed by atoms with van der Waals surface area (Å²) in [5.41, 5.74) is 1.26. The zero-order valence-corrected chi connectivity index (χ0v) is 21.8. The first-order valence-corrected chi connectivity index (χ1v) is 12.5. The number of carbonyl (C=O) groups is 2. The first kappa shape index (κ1) is 28.5. The first-order chi connectivity index (χ1) is 17.8. The number of methoxy groups -OCH3 is 2. The zero-order chi connectivity index (χ0) is 26.8. The van der Waals surface area contributed by atoms with E-state index in [2.05, 4.69) is 5.32 Å². The van der Waals surface area contributed by atoms with Crippen molar-refractivity contribution in [2.75, 3.05) is 27.3 Å². The van der Waals surface area contributed by atoms with E-state index in [1.807, 2.05) is 61.5 Å². The van der Waals surface area contributed by atoms with E-state index in [1.165, 1.54) is 12.0 Å². The molecule has 3 rings (SSSR count). The number of rotatable bonds is 12. The fraction of sp³-hybridized carbons (Fsp3) is 0.481. The molecule has 200 valence electrons. The van der Waals surface area contributed by atoms with Gasteiger partial charge in [0.05, 0.1) is 14.2 Å². The third-order valence-electron chi connectivity index (χ3n) is 7.21. The molecule has 0 unspecified atom stereocenters.